The predicted molar refractivity (Wildman–Crippen MR) is 138 cm³/mol. The lowest BCUT2D eigenvalue weighted by Crippen LogP contribution is -2.33. The van der Waals surface area contributed by atoms with Crippen LogP contribution in [0.4, 0.5) is 24.5 Å². The molecule has 1 unspecified atom stereocenters. The molecule has 0 aliphatic heterocycles. The van der Waals surface area contributed by atoms with Gasteiger partial charge in [0, 0.05) is 31.3 Å². The van der Waals surface area contributed by atoms with E-state index < -0.39 is 34.0 Å². The lowest BCUT2D eigenvalue weighted by atomic mass is 9.98. The summed E-state index contributed by atoms with van der Waals surface area (Å²) in [6, 6.07) is 17.0. The highest BCUT2D eigenvalue weighted by atomic mass is 32.2. The molecule has 0 radical (unpaired) electrons. The maximum Gasteiger partial charge on any atom is 0.573 e. The largest absolute Gasteiger partial charge is 0.573 e. The molecule has 0 spiro atoms. The lowest BCUT2D eigenvalue weighted by Gasteiger charge is -2.19. The Balaban J connectivity index is 1.85. The van der Waals surface area contributed by atoms with E-state index in [4.69, 9.17) is 4.74 Å². The quantitative estimate of drug-likeness (QED) is 0.311. The van der Waals surface area contributed by atoms with E-state index in [0.717, 1.165) is 12.1 Å². The number of amides is 2. The Morgan fingerprint density at radius 1 is 0.949 bits per heavy atom. The van der Waals surface area contributed by atoms with Gasteiger partial charge in [-0.1, -0.05) is 36.4 Å². The summed E-state index contributed by atoms with van der Waals surface area (Å²) in [4.78, 5) is 24.3. The van der Waals surface area contributed by atoms with Crippen LogP contribution in [0.25, 0.3) is 0 Å². The van der Waals surface area contributed by atoms with Gasteiger partial charge in [0.1, 0.15) is 16.4 Å². The standard InChI is InChI=1S/C26H26F3N3O6S/c1-3-37-23-15-19(31-25(34)22(16-30-17(2)33)18-8-5-4-6-9-18)12-13-24(23)39(35,36)32-20-10-7-11-21(14-20)38-26(27,28)29/h4-15,22,32H,3,16H2,1-2H3,(H,30,33)(H,31,34). The van der Waals surface area contributed by atoms with Crippen molar-refractivity contribution in [3.63, 3.8) is 0 Å². The molecule has 0 fully saturated rings. The molecule has 39 heavy (non-hydrogen) atoms. The molecule has 0 aromatic heterocycles. The van der Waals surface area contributed by atoms with Gasteiger partial charge in [-0.3, -0.25) is 14.3 Å². The SMILES string of the molecule is CCOc1cc(NC(=O)C(CNC(C)=O)c2ccccc2)ccc1S(=O)(=O)Nc1cccc(OC(F)(F)F)c1. The molecule has 208 valence electrons. The first-order chi connectivity index (χ1) is 18.4. The van der Waals surface area contributed by atoms with Crippen molar-refractivity contribution in [3.05, 3.63) is 78.4 Å². The number of ether oxygens (including phenoxy) is 2. The Kier molecular flexibility index (Phi) is 9.41. The zero-order valence-electron chi connectivity index (χ0n) is 20.9. The molecule has 0 saturated heterocycles. The number of rotatable bonds is 11. The maximum atomic E-state index is 13.1. The molecule has 1 atom stereocenters. The van der Waals surface area contributed by atoms with E-state index in [1.807, 2.05) is 0 Å². The molecule has 2 amide bonds. The van der Waals surface area contributed by atoms with Crippen molar-refractivity contribution in [3.8, 4) is 11.5 Å². The van der Waals surface area contributed by atoms with Gasteiger partial charge in [0.15, 0.2) is 0 Å². The highest BCUT2D eigenvalue weighted by Gasteiger charge is 2.31. The molecule has 0 bridgehead atoms. The summed E-state index contributed by atoms with van der Waals surface area (Å²) in [5.74, 6) is -2.18. The van der Waals surface area contributed by atoms with E-state index in [9.17, 15) is 31.2 Å². The molecule has 9 nitrogen and oxygen atoms in total. The number of hydrogen-bond donors (Lipinski definition) is 3. The van der Waals surface area contributed by atoms with Crippen molar-refractivity contribution in [2.24, 2.45) is 0 Å². The Morgan fingerprint density at radius 2 is 1.67 bits per heavy atom. The molecular formula is C26H26F3N3O6S. The van der Waals surface area contributed by atoms with Crippen molar-refractivity contribution < 1.29 is 40.7 Å². The van der Waals surface area contributed by atoms with Gasteiger partial charge in [-0.25, -0.2) is 8.42 Å². The minimum atomic E-state index is -4.94. The topological polar surface area (TPSA) is 123 Å². The van der Waals surface area contributed by atoms with E-state index in [-0.39, 0.29) is 41.1 Å². The third-order valence-corrected chi connectivity index (χ3v) is 6.61. The van der Waals surface area contributed by atoms with Crippen LogP contribution >= 0.6 is 0 Å². The van der Waals surface area contributed by atoms with Crippen molar-refractivity contribution >= 4 is 33.2 Å². The van der Waals surface area contributed by atoms with Crippen LogP contribution in [0.2, 0.25) is 0 Å². The van der Waals surface area contributed by atoms with E-state index in [1.54, 1.807) is 37.3 Å². The second-order valence-corrected chi connectivity index (χ2v) is 9.82. The van der Waals surface area contributed by atoms with Gasteiger partial charge in [0.2, 0.25) is 11.8 Å². The lowest BCUT2D eigenvalue weighted by molar-refractivity contribution is -0.274. The normalized spacial score (nSPS) is 12.2. The van der Waals surface area contributed by atoms with Crippen LogP contribution in [0.1, 0.15) is 25.3 Å². The number of hydrogen-bond acceptors (Lipinski definition) is 6. The van der Waals surface area contributed by atoms with Gasteiger partial charge in [-0.15, -0.1) is 13.2 Å². The molecule has 13 heteroatoms. The minimum Gasteiger partial charge on any atom is -0.492 e. The molecule has 0 saturated carbocycles. The second kappa shape index (κ2) is 12.5. The van der Waals surface area contributed by atoms with Crippen molar-refractivity contribution in [1.29, 1.82) is 0 Å². The molecular weight excluding hydrogens is 539 g/mol. The minimum absolute atomic E-state index is 0.0387. The van der Waals surface area contributed by atoms with Gasteiger partial charge in [-0.05, 0) is 36.8 Å². The smallest absolute Gasteiger partial charge is 0.492 e. The molecule has 3 rings (SSSR count). The van der Waals surface area contributed by atoms with Crippen LogP contribution in [0.15, 0.2) is 77.7 Å². The fraction of sp³-hybridized carbons (Fsp3) is 0.231. The van der Waals surface area contributed by atoms with Crippen molar-refractivity contribution in [2.75, 3.05) is 23.2 Å². The van der Waals surface area contributed by atoms with Gasteiger partial charge < -0.3 is 20.1 Å². The summed E-state index contributed by atoms with van der Waals surface area (Å²) in [5.41, 5.74) is 0.723. The zero-order chi connectivity index (χ0) is 28.6. The third-order valence-electron chi connectivity index (χ3n) is 5.19. The molecule has 0 aliphatic carbocycles. The van der Waals surface area contributed by atoms with Gasteiger partial charge in [0.05, 0.1) is 18.2 Å². The Morgan fingerprint density at radius 3 is 2.31 bits per heavy atom. The number of alkyl halides is 3. The van der Waals surface area contributed by atoms with E-state index in [1.165, 1.54) is 37.3 Å². The highest BCUT2D eigenvalue weighted by Crippen LogP contribution is 2.31. The van der Waals surface area contributed by atoms with Gasteiger partial charge in [0.25, 0.3) is 10.0 Å². The molecule has 3 N–H and O–H groups in total. The Bertz CT molecular complexity index is 1420. The number of nitrogens with one attached hydrogen (secondary N) is 3. The summed E-state index contributed by atoms with van der Waals surface area (Å²) in [5, 5.41) is 5.34. The molecule has 3 aromatic rings. The molecule has 0 aliphatic rings. The number of sulfonamides is 1. The molecule has 0 heterocycles. The number of halogens is 3. The number of anilines is 2. The van der Waals surface area contributed by atoms with Crippen molar-refractivity contribution in [2.45, 2.75) is 31.0 Å². The second-order valence-electron chi connectivity index (χ2n) is 8.17. The summed E-state index contributed by atoms with van der Waals surface area (Å²) < 4.78 is 75.3. The number of carbonyl (C=O) groups is 2. The van der Waals surface area contributed by atoms with Crippen LogP contribution in [-0.4, -0.2) is 39.7 Å². The van der Waals surface area contributed by atoms with E-state index >= 15 is 0 Å². The summed E-state index contributed by atoms with van der Waals surface area (Å²) in [6.07, 6.45) is -4.94. The Hall–Kier alpha value is -4.26. The van der Waals surface area contributed by atoms with E-state index in [2.05, 4.69) is 20.1 Å². The maximum absolute atomic E-state index is 13.1. The average Bonchev–Trinajstić information content (AvgIpc) is 2.84. The van der Waals surface area contributed by atoms with Gasteiger partial charge in [-0.2, -0.15) is 0 Å². The fourth-order valence-corrected chi connectivity index (χ4v) is 4.74. The monoisotopic (exact) mass is 565 g/mol. The van der Waals surface area contributed by atoms with Crippen LogP contribution in [0, 0.1) is 0 Å². The fourth-order valence-electron chi connectivity index (χ4n) is 3.57. The van der Waals surface area contributed by atoms with Gasteiger partial charge >= 0.3 is 6.36 Å². The van der Waals surface area contributed by atoms with Crippen LogP contribution in [-0.2, 0) is 19.6 Å². The summed E-state index contributed by atoms with van der Waals surface area (Å²) >= 11 is 0. The first kappa shape index (κ1) is 29.3. The predicted octanol–water partition coefficient (Wildman–Crippen LogP) is 4.64. The van der Waals surface area contributed by atoms with E-state index in [0.29, 0.717) is 5.56 Å². The number of benzene rings is 3. The van der Waals surface area contributed by atoms with Crippen LogP contribution < -0.4 is 24.8 Å². The third kappa shape index (κ3) is 8.64. The summed E-state index contributed by atoms with van der Waals surface area (Å²) in [6.45, 7) is 3.09. The van der Waals surface area contributed by atoms with Crippen LogP contribution in [0.3, 0.4) is 0 Å². The van der Waals surface area contributed by atoms with Crippen molar-refractivity contribution in [1.82, 2.24) is 5.32 Å². The first-order valence-corrected chi connectivity index (χ1v) is 13.1. The molecule has 3 aromatic carbocycles. The Labute approximate surface area is 223 Å². The number of carbonyl (C=O) groups excluding carboxylic acids is 2. The average molecular weight is 566 g/mol. The zero-order valence-corrected chi connectivity index (χ0v) is 21.7. The first-order valence-electron chi connectivity index (χ1n) is 11.6. The highest BCUT2D eigenvalue weighted by molar-refractivity contribution is 7.92. The summed E-state index contributed by atoms with van der Waals surface area (Å²) in [7, 11) is -4.32. The van der Waals surface area contributed by atoms with Crippen LogP contribution in [0.5, 0.6) is 11.5 Å².